The average Bonchev–Trinajstić information content (AvgIpc) is 2.77. The van der Waals surface area contributed by atoms with Crippen LogP contribution in [0.4, 0.5) is 0 Å². The van der Waals surface area contributed by atoms with Gasteiger partial charge in [-0.2, -0.15) is 0 Å². The first-order valence-corrected chi connectivity index (χ1v) is 19.5. The average molecular weight is 495 g/mol. The number of rotatable bonds is 1. The van der Waals surface area contributed by atoms with Gasteiger partial charge in [-0.3, -0.25) is 0 Å². The number of hydrogen-bond acceptors (Lipinski definition) is 1. The maximum absolute atomic E-state index is 2.51. The molecule has 158 valence electrons. The topological polar surface area (TPSA) is 3.88 Å². The second-order valence-electron chi connectivity index (χ2n) is 10.2. The van der Waals surface area contributed by atoms with Crippen molar-refractivity contribution in [1.82, 2.24) is 0 Å². The van der Waals surface area contributed by atoms with Gasteiger partial charge in [-0.25, -0.2) is 0 Å². The molecule has 1 aliphatic heterocycles. The molecule has 0 unspecified atom stereocenters. The van der Waals surface area contributed by atoms with Gasteiger partial charge in [-0.1, -0.05) is 0 Å². The zero-order valence-electron chi connectivity index (χ0n) is 19.6. The molecule has 0 radical (unpaired) electrons. The first kappa shape index (κ1) is 20.3. The van der Waals surface area contributed by atoms with Gasteiger partial charge < -0.3 is 0 Å². The molecule has 1 aliphatic rings. The molecule has 0 atom stereocenters. The van der Waals surface area contributed by atoms with Crippen molar-refractivity contribution >= 4 is 61.7 Å². The number of pyridine rings is 1. The predicted molar refractivity (Wildman–Crippen MR) is 142 cm³/mol. The summed E-state index contributed by atoms with van der Waals surface area (Å²) in [6, 6.07) is 20.7. The third-order valence-electron chi connectivity index (χ3n) is 7.16. The van der Waals surface area contributed by atoms with Crippen molar-refractivity contribution in [2.45, 2.75) is 40.9 Å². The Morgan fingerprint density at radius 1 is 0.781 bits per heavy atom. The van der Waals surface area contributed by atoms with Crippen molar-refractivity contribution in [1.29, 1.82) is 0 Å². The summed E-state index contributed by atoms with van der Waals surface area (Å²) >= 11 is -0.0820. The van der Waals surface area contributed by atoms with Gasteiger partial charge in [0.2, 0.25) is 0 Å². The fourth-order valence-corrected chi connectivity index (χ4v) is 10.3. The van der Waals surface area contributed by atoms with Crippen LogP contribution in [0.5, 0.6) is 0 Å². The Kier molecular flexibility index (Phi) is 4.35. The predicted octanol–water partition coefficient (Wildman–Crippen LogP) is 7.26. The fourth-order valence-electron chi connectivity index (χ4n) is 5.59. The Morgan fingerprint density at radius 3 is 2.22 bits per heavy atom. The number of aromatic nitrogens is 1. The number of nitrogens with zero attached hydrogens (tertiary/aromatic N) is 1. The number of aryl methyl sites for hydroxylation is 3. The van der Waals surface area contributed by atoms with Gasteiger partial charge in [-0.15, -0.1) is 0 Å². The quantitative estimate of drug-likeness (QED) is 0.132. The molecule has 0 saturated carbocycles. The van der Waals surface area contributed by atoms with Crippen molar-refractivity contribution in [3.63, 3.8) is 0 Å². The summed E-state index contributed by atoms with van der Waals surface area (Å²) in [5, 5.41) is 8.47. The molecule has 0 bridgehead atoms. The van der Waals surface area contributed by atoms with Crippen molar-refractivity contribution in [3.05, 3.63) is 71.9 Å². The third kappa shape index (κ3) is 2.69. The van der Waals surface area contributed by atoms with E-state index in [9.17, 15) is 0 Å². The molecule has 0 aliphatic carbocycles. The van der Waals surface area contributed by atoms with Crippen LogP contribution in [0.1, 0.15) is 11.1 Å². The monoisotopic (exact) mass is 496 g/mol. The SMILES string of the molecule is Cc1c2c(c(C)c3ccccc13)-c1c3c(cc4ccc[c]([Ge]([CH3])([CH3])[CH3])c4c3cc[n+]1C)S2. The number of fused-ring (bicyclic) bond motifs is 5. The van der Waals surface area contributed by atoms with E-state index in [1.165, 1.54) is 64.5 Å². The summed E-state index contributed by atoms with van der Waals surface area (Å²) in [6.45, 7) is 4.60. The van der Waals surface area contributed by atoms with Crippen LogP contribution in [0.25, 0.3) is 43.6 Å². The molecule has 32 heavy (non-hydrogen) atoms. The summed E-state index contributed by atoms with van der Waals surface area (Å²) in [4.78, 5) is 2.81. The van der Waals surface area contributed by atoms with Crippen molar-refractivity contribution in [3.8, 4) is 11.3 Å². The van der Waals surface area contributed by atoms with E-state index in [4.69, 9.17) is 0 Å². The number of hydrogen-bond donors (Lipinski definition) is 0. The van der Waals surface area contributed by atoms with Crippen LogP contribution in [0, 0.1) is 13.8 Å². The summed E-state index contributed by atoms with van der Waals surface area (Å²) < 4.78 is 3.95. The zero-order chi connectivity index (χ0) is 22.4. The van der Waals surface area contributed by atoms with Crippen LogP contribution >= 0.6 is 11.8 Å². The molecule has 4 aromatic carbocycles. The van der Waals surface area contributed by atoms with E-state index in [1.54, 1.807) is 4.40 Å². The Morgan fingerprint density at radius 2 is 1.50 bits per heavy atom. The van der Waals surface area contributed by atoms with E-state index in [-0.39, 0.29) is 0 Å². The molecule has 0 saturated heterocycles. The van der Waals surface area contributed by atoms with E-state index < -0.39 is 13.3 Å². The van der Waals surface area contributed by atoms with Crippen LogP contribution in [-0.4, -0.2) is 13.3 Å². The summed E-state index contributed by atoms with van der Waals surface area (Å²) in [6.07, 6.45) is 2.27. The van der Waals surface area contributed by atoms with Gasteiger partial charge in [0.25, 0.3) is 0 Å². The molecule has 5 aromatic rings. The van der Waals surface area contributed by atoms with Crippen molar-refractivity contribution in [2.24, 2.45) is 7.05 Å². The molecule has 0 fully saturated rings. The van der Waals surface area contributed by atoms with Gasteiger partial charge in [0, 0.05) is 0 Å². The molecule has 0 spiro atoms. The van der Waals surface area contributed by atoms with Crippen LogP contribution in [-0.2, 0) is 7.05 Å². The molecule has 0 amide bonds. The first-order chi connectivity index (χ1) is 15.3. The van der Waals surface area contributed by atoms with Crippen molar-refractivity contribution < 1.29 is 4.57 Å². The molecule has 1 nitrogen and oxygen atoms in total. The minimum atomic E-state index is -2.05. The normalized spacial score (nSPS) is 13.2. The first-order valence-electron chi connectivity index (χ1n) is 11.4. The number of benzene rings is 4. The molecule has 2 heterocycles. The molecule has 0 N–H and O–H groups in total. The van der Waals surface area contributed by atoms with Gasteiger partial charge in [0.05, 0.1) is 0 Å². The second-order valence-corrected chi connectivity index (χ2v) is 21.8. The van der Waals surface area contributed by atoms with E-state index >= 15 is 0 Å². The summed E-state index contributed by atoms with van der Waals surface area (Å²) in [5.74, 6) is 7.52. The van der Waals surface area contributed by atoms with Gasteiger partial charge in [0.15, 0.2) is 0 Å². The second kappa shape index (κ2) is 6.85. The van der Waals surface area contributed by atoms with E-state index in [1.807, 2.05) is 11.8 Å². The third-order valence-corrected chi connectivity index (χ3v) is 12.7. The fraction of sp³-hybridized carbons (Fsp3) is 0.207. The zero-order valence-corrected chi connectivity index (χ0v) is 22.5. The molecular formula is C29H28GeNS+. The van der Waals surface area contributed by atoms with E-state index in [2.05, 4.69) is 104 Å². The van der Waals surface area contributed by atoms with Crippen molar-refractivity contribution in [2.75, 3.05) is 0 Å². The van der Waals surface area contributed by atoms with Crippen LogP contribution in [0.2, 0.25) is 17.3 Å². The molecule has 6 rings (SSSR count). The summed E-state index contributed by atoms with van der Waals surface area (Å²) in [7, 11) is 2.21. The molecule has 3 heteroatoms. The standard InChI is InChI=1S/C29H28GeNS/c1-17-20-11-7-8-12-21(20)18(2)29-25(17)28-27-22(14-15-31(28)6)26-19(16-24(27)32-29)10-9-13-23(26)30(3,4)5/h7-16H,1-6H3/q+1. The Labute approximate surface area is 196 Å². The Bertz CT molecular complexity index is 1610. The maximum atomic E-state index is 2.51. The molecule has 1 aromatic heterocycles. The van der Waals surface area contributed by atoms with Gasteiger partial charge >= 0.3 is 197 Å². The Hall–Kier alpha value is -2.30. The van der Waals surface area contributed by atoms with E-state index in [0.29, 0.717) is 0 Å². The van der Waals surface area contributed by atoms with Crippen LogP contribution in [0.3, 0.4) is 0 Å². The summed E-state index contributed by atoms with van der Waals surface area (Å²) in [5.41, 5.74) is 5.58. The molecular weight excluding hydrogens is 467 g/mol. The van der Waals surface area contributed by atoms with Gasteiger partial charge in [0.1, 0.15) is 0 Å². The van der Waals surface area contributed by atoms with Crippen LogP contribution in [0.15, 0.2) is 70.6 Å². The Balaban J connectivity index is 1.85. The van der Waals surface area contributed by atoms with E-state index in [0.717, 1.165) is 0 Å². The minimum absolute atomic E-state index is 1.37. The van der Waals surface area contributed by atoms with Crippen LogP contribution < -0.4 is 8.96 Å². The van der Waals surface area contributed by atoms with Gasteiger partial charge in [-0.05, 0) is 0 Å².